The van der Waals surface area contributed by atoms with E-state index in [2.05, 4.69) is 25.2 Å². The zero-order valence-electron chi connectivity index (χ0n) is 16.6. The first kappa shape index (κ1) is 19.6. The van der Waals surface area contributed by atoms with E-state index >= 15 is 0 Å². The lowest BCUT2D eigenvalue weighted by Gasteiger charge is -2.31. The molecule has 0 spiro atoms. The predicted octanol–water partition coefficient (Wildman–Crippen LogP) is 3.38. The topological polar surface area (TPSA) is 97.6 Å². The molecule has 8 heteroatoms. The van der Waals surface area contributed by atoms with Gasteiger partial charge in [-0.1, -0.05) is 0 Å². The molecule has 1 aromatic carbocycles. The number of nitrogens with zero attached hydrogens (tertiary/aromatic N) is 3. The molecular formula is C22H22N4O4. The quantitative estimate of drug-likeness (QED) is 0.649. The SMILES string of the molecule is COC(=O)c1ccc(NC(=O)C2CCN(c3ccc(-c4ccco4)nn3)CC2)cc1. The molecule has 1 N–H and O–H groups in total. The molecule has 8 nitrogen and oxygen atoms in total. The van der Waals surface area contributed by atoms with Gasteiger partial charge in [-0.3, -0.25) is 4.79 Å². The molecule has 0 atom stereocenters. The van der Waals surface area contributed by atoms with Crippen LogP contribution in [-0.4, -0.2) is 42.3 Å². The second-order valence-electron chi connectivity index (χ2n) is 7.07. The Morgan fingerprint density at radius 2 is 1.83 bits per heavy atom. The highest BCUT2D eigenvalue weighted by molar-refractivity contribution is 5.94. The van der Waals surface area contributed by atoms with Crippen LogP contribution in [0.3, 0.4) is 0 Å². The van der Waals surface area contributed by atoms with Crippen LogP contribution in [0.4, 0.5) is 11.5 Å². The number of hydrogen-bond donors (Lipinski definition) is 1. The zero-order valence-corrected chi connectivity index (χ0v) is 16.6. The van der Waals surface area contributed by atoms with Crippen molar-refractivity contribution in [1.82, 2.24) is 10.2 Å². The van der Waals surface area contributed by atoms with E-state index in [4.69, 9.17) is 4.42 Å². The number of aromatic nitrogens is 2. The standard InChI is InChI=1S/C22H22N4O4/c1-29-22(28)16-4-6-17(7-5-16)23-21(27)15-10-12-26(13-11-15)20-9-8-18(24-25-20)19-3-2-14-30-19/h2-9,14-15H,10-13H2,1H3,(H,23,27). The number of hydrogen-bond acceptors (Lipinski definition) is 7. The smallest absolute Gasteiger partial charge is 0.337 e. The molecule has 1 aliphatic rings. The van der Waals surface area contributed by atoms with Gasteiger partial charge in [0.2, 0.25) is 5.91 Å². The van der Waals surface area contributed by atoms with Crippen LogP contribution in [0.2, 0.25) is 0 Å². The fourth-order valence-electron chi connectivity index (χ4n) is 3.47. The maximum absolute atomic E-state index is 12.6. The van der Waals surface area contributed by atoms with E-state index in [-0.39, 0.29) is 11.8 Å². The molecule has 0 saturated carbocycles. The maximum atomic E-state index is 12.6. The molecule has 1 aliphatic heterocycles. The van der Waals surface area contributed by atoms with Crippen LogP contribution in [-0.2, 0) is 9.53 Å². The van der Waals surface area contributed by atoms with Gasteiger partial charge in [0.1, 0.15) is 5.69 Å². The van der Waals surface area contributed by atoms with Crippen molar-refractivity contribution in [3.05, 3.63) is 60.4 Å². The van der Waals surface area contributed by atoms with Gasteiger partial charge in [0, 0.05) is 24.7 Å². The number of carbonyl (C=O) groups is 2. The van der Waals surface area contributed by atoms with Gasteiger partial charge in [0.25, 0.3) is 0 Å². The molecule has 0 aliphatic carbocycles. The van der Waals surface area contributed by atoms with Gasteiger partial charge in [0.05, 0.1) is 18.9 Å². The predicted molar refractivity (Wildman–Crippen MR) is 111 cm³/mol. The van der Waals surface area contributed by atoms with Crippen LogP contribution < -0.4 is 10.2 Å². The number of piperidine rings is 1. The van der Waals surface area contributed by atoms with E-state index in [1.165, 1.54) is 7.11 Å². The number of amides is 1. The highest BCUT2D eigenvalue weighted by atomic mass is 16.5. The second-order valence-corrected chi connectivity index (χ2v) is 7.07. The third-order valence-electron chi connectivity index (χ3n) is 5.19. The lowest BCUT2D eigenvalue weighted by atomic mass is 9.95. The summed E-state index contributed by atoms with van der Waals surface area (Å²) in [4.78, 5) is 26.2. The van der Waals surface area contributed by atoms with E-state index in [1.807, 2.05) is 24.3 Å². The van der Waals surface area contributed by atoms with Gasteiger partial charge >= 0.3 is 5.97 Å². The number of methoxy groups -OCH3 is 1. The van der Waals surface area contributed by atoms with E-state index in [9.17, 15) is 9.59 Å². The molecule has 2 aromatic heterocycles. The van der Waals surface area contributed by atoms with E-state index in [1.54, 1.807) is 30.5 Å². The van der Waals surface area contributed by atoms with Crippen molar-refractivity contribution in [3.63, 3.8) is 0 Å². The van der Waals surface area contributed by atoms with Crippen molar-refractivity contribution < 1.29 is 18.7 Å². The number of esters is 1. The minimum Gasteiger partial charge on any atom is -0.465 e. The van der Waals surface area contributed by atoms with Gasteiger partial charge in [-0.05, 0) is 61.4 Å². The van der Waals surface area contributed by atoms with E-state index < -0.39 is 5.97 Å². The Balaban J connectivity index is 1.30. The van der Waals surface area contributed by atoms with Crippen molar-refractivity contribution in [2.24, 2.45) is 5.92 Å². The summed E-state index contributed by atoms with van der Waals surface area (Å²) in [5.74, 6) is 0.990. The highest BCUT2D eigenvalue weighted by Gasteiger charge is 2.26. The summed E-state index contributed by atoms with van der Waals surface area (Å²) < 4.78 is 10.0. The van der Waals surface area contributed by atoms with Crippen molar-refractivity contribution in [2.75, 3.05) is 30.4 Å². The van der Waals surface area contributed by atoms with E-state index in [0.717, 1.165) is 31.7 Å². The molecule has 3 heterocycles. The maximum Gasteiger partial charge on any atom is 0.337 e. The Labute approximate surface area is 173 Å². The molecule has 4 rings (SSSR count). The lowest BCUT2D eigenvalue weighted by Crippen LogP contribution is -2.38. The van der Waals surface area contributed by atoms with Crippen molar-refractivity contribution in [1.29, 1.82) is 0 Å². The Morgan fingerprint density at radius 1 is 1.07 bits per heavy atom. The summed E-state index contributed by atoms with van der Waals surface area (Å²) >= 11 is 0. The Kier molecular flexibility index (Phi) is 5.74. The van der Waals surface area contributed by atoms with Gasteiger partial charge in [-0.2, -0.15) is 0 Å². The first-order valence-corrected chi connectivity index (χ1v) is 9.76. The van der Waals surface area contributed by atoms with Crippen LogP contribution in [0.1, 0.15) is 23.2 Å². The van der Waals surface area contributed by atoms with Gasteiger partial charge in [-0.25, -0.2) is 4.79 Å². The Bertz CT molecular complexity index is 993. The monoisotopic (exact) mass is 406 g/mol. The Hall–Kier alpha value is -3.68. The number of rotatable bonds is 5. The minimum atomic E-state index is -0.402. The average Bonchev–Trinajstić information content (AvgIpc) is 3.34. The third-order valence-corrected chi connectivity index (χ3v) is 5.19. The zero-order chi connectivity index (χ0) is 20.9. The number of anilines is 2. The summed E-state index contributed by atoms with van der Waals surface area (Å²) in [5, 5.41) is 11.5. The molecule has 1 saturated heterocycles. The number of nitrogens with one attached hydrogen (secondary N) is 1. The molecule has 0 radical (unpaired) electrons. The molecule has 1 amide bonds. The summed E-state index contributed by atoms with van der Waals surface area (Å²) in [5.41, 5.74) is 1.80. The highest BCUT2D eigenvalue weighted by Crippen LogP contribution is 2.24. The summed E-state index contributed by atoms with van der Waals surface area (Å²) in [6.45, 7) is 1.46. The largest absolute Gasteiger partial charge is 0.465 e. The van der Waals surface area contributed by atoms with Gasteiger partial charge in [0.15, 0.2) is 11.6 Å². The molecule has 3 aromatic rings. The fraction of sp³-hybridized carbons (Fsp3) is 0.273. The van der Waals surface area contributed by atoms with Crippen LogP contribution in [0.15, 0.2) is 59.2 Å². The van der Waals surface area contributed by atoms with Crippen molar-refractivity contribution in [2.45, 2.75) is 12.8 Å². The van der Waals surface area contributed by atoms with Gasteiger partial charge < -0.3 is 19.4 Å². The fourth-order valence-corrected chi connectivity index (χ4v) is 3.47. The number of furan rings is 1. The second kappa shape index (κ2) is 8.77. The Morgan fingerprint density at radius 3 is 2.43 bits per heavy atom. The van der Waals surface area contributed by atoms with Crippen LogP contribution in [0.25, 0.3) is 11.5 Å². The lowest BCUT2D eigenvalue weighted by molar-refractivity contribution is -0.120. The molecule has 1 fully saturated rings. The molecular weight excluding hydrogens is 384 g/mol. The number of carbonyl (C=O) groups excluding carboxylic acids is 2. The van der Waals surface area contributed by atoms with Crippen LogP contribution >= 0.6 is 0 Å². The molecule has 154 valence electrons. The van der Waals surface area contributed by atoms with Crippen molar-refractivity contribution >= 4 is 23.4 Å². The number of ether oxygens (including phenoxy) is 1. The van der Waals surface area contributed by atoms with Crippen molar-refractivity contribution in [3.8, 4) is 11.5 Å². The normalized spacial score (nSPS) is 14.4. The van der Waals surface area contributed by atoms with Gasteiger partial charge in [-0.15, -0.1) is 10.2 Å². The summed E-state index contributed by atoms with van der Waals surface area (Å²) in [6.07, 6.45) is 3.07. The first-order chi connectivity index (χ1) is 14.6. The summed E-state index contributed by atoms with van der Waals surface area (Å²) in [6, 6.07) is 14.1. The average molecular weight is 406 g/mol. The van der Waals surface area contributed by atoms with E-state index in [0.29, 0.717) is 22.7 Å². The molecule has 30 heavy (non-hydrogen) atoms. The number of benzene rings is 1. The molecule has 0 unspecified atom stereocenters. The summed E-state index contributed by atoms with van der Waals surface area (Å²) in [7, 11) is 1.34. The third kappa shape index (κ3) is 4.32. The molecule has 0 bridgehead atoms. The van der Waals surface area contributed by atoms with Crippen LogP contribution in [0.5, 0.6) is 0 Å². The van der Waals surface area contributed by atoms with Crippen LogP contribution in [0, 0.1) is 5.92 Å². The first-order valence-electron chi connectivity index (χ1n) is 9.76. The minimum absolute atomic E-state index is 0.0141.